The van der Waals surface area contributed by atoms with Gasteiger partial charge in [-0.3, -0.25) is 0 Å². The van der Waals surface area contributed by atoms with E-state index >= 15 is 0 Å². The third-order valence-corrected chi connectivity index (χ3v) is 4.66. The van der Waals surface area contributed by atoms with Gasteiger partial charge in [-0.15, -0.1) is 0 Å². The first kappa shape index (κ1) is 21.2. The maximum absolute atomic E-state index is 6.02. The molecule has 0 saturated carbocycles. The summed E-state index contributed by atoms with van der Waals surface area (Å²) < 4.78 is 16.9. The third kappa shape index (κ3) is 6.24. The van der Waals surface area contributed by atoms with E-state index in [1.54, 1.807) is 19.4 Å². The van der Waals surface area contributed by atoms with E-state index in [1.807, 2.05) is 67.6 Å². The molecule has 0 aromatic heterocycles. The van der Waals surface area contributed by atoms with E-state index in [0.717, 1.165) is 28.3 Å². The molecule has 0 aliphatic heterocycles. The minimum Gasteiger partial charge on any atom is -0.497 e. The number of aliphatic imine (C=N–C) groups is 1. The van der Waals surface area contributed by atoms with Crippen LogP contribution < -0.4 is 9.47 Å². The SMILES string of the molecule is COc1ccc(COC=CC(=Nc2ccc(C)c(C)c2)Oc2cccc(C)c2)cc1. The summed E-state index contributed by atoms with van der Waals surface area (Å²) in [6, 6.07) is 21.7. The van der Waals surface area contributed by atoms with Crippen molar-refractivity contribution in [3.8, 4) is 11.5 Å². The Bertz CT molecular complexity index is 1040. The molecule has 4 heteroatoms. The molecule has 0 spiro atoms. The summed E-state index contributed by atoms with van der Waals surface area (Å²) in [4.78, 5) is 4.66. The zero-order chi connectivity index (χ0) is 21.3. The lowest BCUT2D eigenvalue weighted by Crippen LogP contribution is -2.05. The normalized spacial score (nSPS) is 11.5. The standard InChI is InChI=1S/C26H27NO3/c1-19-6-5-7-25(16-19)30-26(27-23-11-8-20(2)21(3)17-23)14-15-29-18-22-9-12-24(28-4)13-10-22/h5-17H,18H2,1-4H3. The van der Waals surface area contributed by atoms with Gasteiger partial charge < -0.3 is 14.2 Å². The van der Waals surface area contributed by atoms with Crippen LogP contribution in [-0.2, 0) is 11.3 Å². The fourth-order valence-corrected chi connectivity index (χ4v) is 2.79. The first-order valence-electron chi connectivity index (χ1n) is 9.85. The molecule has 30 heavy (non-hydrogen) atoms. The van der Waals surface area contributed by atoms with E-state index in [2.05, 4.69) is 24.9 Å². The Morgan fingerprint density at radius 2 is 1.67 bits per heavy atom. The van der Waals surface area contributed by atoms with Gasteiger partial charge in [-0.05, 0) is 79.4 Å². The number of hydrogen-bond donors (Lipinski definition) is 0. The Labute approximate surface area is 178 Å². The van der Waals surface area contributed by atoms with E-state index in [0.29, 0.717) is 12.5 Å². The average molecular weight is 402 g/mol. The summed E-state index contributed by atoms with van der Waals surface area (Å²) in [5.41, 5.74) is 5.42. The van der Waals surface area contributed by atoms with Crippen LogP contribution in [0.1, 0.15) is 22.3 Å². The molecule has 3 rings (SSSR count). The molecule has 0 heterocycles. The molecule has 0 fully saturated rings. The van der Waals surface area contributed by atoms with Gasteiger partial charge in [0.25, 0.3) is 0 Å². The maximum atomic E-state index is 6.02. The average Bonchev–Trinajstić information content (AvgIpc) is 2.74. The molecule has 4 nitrogen and oxygen atoms in total. The van der Waals surface area contributed by atoms with Crippen LogP contribution in [0.25, 0.3) is 0 Å². The molecule has 0 bridgehead atoms. The van der Waals surface area contributed by atoms with Crippen molar-refractivity contribution in [3.05, 3.63) is 101 Å². The predicted molar refractivity (Wildman–Crippen MR) is 122 cm³/mol. The summed E-state index contributed by atoms with van der Waals surface area (Å²) in [5, 5.41) is 0. The van der Waals surface area contributed by atoms with Crippen LogP contribution in [0.3, 0.4) is 0 Å². The molecule has 0 radical (unpaired) electrons. The fraction of sp³-hybridized carbons (Fsp3) is 0.192. The first-order chi connectivity index (χ1) is 14.5. The molecule has 0 aliphatic carbocycles. The third-order valence-electron chi connectivity index (χ3n) is 4.66. The zero-order valence-corrected chi connectivity index (χ0v) is 17.9. The van der Waals surface area contributed by atoms with Gasteiger partial charge >= 0.3 is 0 Å². The van der Waals surface area contributed by atoms with Crippen LogP contribution in [0.4, 0.5) is 5.69 Å². The molecule has 0 aliphatic rings. The summed E-state index contributed by atoms with van der Waals surface area (Å²) in [6.07, 6.45) is 3.35. The molecule has 0 amide bonds. The Hall–Kier alpha value is -3.53. The van der Waals surface area contributed by atoms with Crippen molar-refractivity contribution >= 4 is 11.6 Å². The van der Waals surface area contributed by atoms with Crippen molar-refractivity contribution in [1.82, 2.24) is 0 Å². The molecule has 0 N–H and O–H groups in total. The van der Waals surface area contributed by atoms with Gasteiger partial charge in [0, 0.05) is 6.08 Å². The topological polar surface area (TPSA) is 40.0 Å². The van der Waals surface area contributed by atoms with Gasteiger partial charge in [-0.2, -0.15) is 0 Å². The van der Waals surface area contributed by atoms with Gasteiger partial charge in [-0.1, -0.05) is 30.3 Å². The number of methoxy groups -OCH3 is 1. The van der Waals surface area contributed by atoms with Crippen molar-refractivity contribution in [1.29, 1.82) is 0 Å². The first-order valence-corrected chi connectivity index (χ1v) is 9.85. The Balaban J connectivity index is 1.74. The number of hydrogen-bond acceptors (Lipinski definition) is 4. The van der Waals surface area contributed by atoms with Crippen molar-refractivity contribution < 1.29 is 14.2 Å². The van der Waals surface area contributed by atoms with E-state index in [9.17, 15) is 0 Å². The van der Waals surface area contributed by atoms with Gasteiger partial charge in [0.1, 0.15) is 18.1 Å². The summed E-state index contributed by atoms with van der Waals surface area (Å²) >= 11 is 0. The van der Waals surface area contributed by atoms with Crippen LogP contribution in [0, 0.1) is 20.8 Å². The van der Waals surface area contributed by atoms with Crippen LogP contribution in [0.2, 0.25) is 0 Å². The van der Waals surface area contributed by atoms with Gasteiger partial charge in [0.15, 0.2) is 0 Å². The Morgan fingerprint density at radius 1 is 0.867 bits per heavy atom. The molecule has 0 saturated heterocycles. The highest BCUT2D eigenvalue weighted by Gasteiger charge is 2.03. The quantitative estimate of drug-likeness (QED) is 0.259. The van der Waals surface area contributed by atoms with E-state index < -0.39 is 0 Å². The number of rotatable bonds is 7. The minimum absolute atomic E-state index is 0.446. The summed E-state index contributed by atoms with van der Waals surface area (Å²) in [5.74, 6) is 2.01. The smallest absolute Gasteiger partial charge is 0.222 e. The number of ether oxygens (including phenoxy) is 3. The molecular formula is C26H27NO3. The lowest BCUT2D eigenvalue weighted by Gasteiger charge is -2.08. The fourth-order valence-electron chi connectivity index (χ4n) is 2.79. The lowest BCUT2D eigenvalue weighted by atomic mass is 10.1. The van der Waals surface area contributed by atoms with E-state index in [-0.39, 0.29) is 0 Å². The predicted octanol–water partition coefficient (Wildman–Crippen LogP) is 6.46. The highest BCUT2D eigenvalue weighted by Crippen LogP contribution is 2.19. The maximum Gasteiger partial charge on any atom is 0.222 e. The highest BCUT2D eigenvalue weighted by atomic mass is 16.5. The van der Waals surface area contributed by atoms with Crippen molar-refractivity contribution in [3.63, 3.8) is 0 Å². The molecular weight excluding hydrogens is 374 g/mol. The second kappa shape index (κ2) is 10.3. The number of aryl methyl sites for hydroxylation is 3. The summed E-state index contributed by atoms with van der Waals surface area (Å²) in [6.45, 7) is 6.63. The lowest BCUT2D eigenvalue weighted by molar-refractivity contribution is 0.236. The highest BCUT2D eigenvalue weighted by molar-refractivity contribution is 5.91. The monoisotopic (exact) mass is 401 g/mol. The van der Waals surface area contributed by atoms with Gasteiger partial charge in [-0.25, -0.2) is 4.99 Å². The molecule has 154 valence electrons. The minimum atomic E-state index is 0.446. The van der Waals surface area contributed by atoms with Crippen LogP contribution in [-0.4, -0.2) is 13.0 Å². The molecule has 3 aromatic carbocycles. The second-order valence-corrected chi connectivity index (χ2v) is 7.10. The van der Waals surface area contributed by atoms with Crippen LogP contribution in [0.5, 0.6) is 11.5 Å². The second-order valence-electron chi connectivity index (χ2n) is 7.10. The molecule has 3 aromatic rings. The Morgan fingerprint density at radius 3 is 2.37 bits per heavy atom. The van der Waals surface area contributed by atoms with Crippen molar-refractivity contribution in [2.75, 3.05) is 7.11 Å². The largest absolute Gasteiger partial charge is 0.497 e. The number of benzene rings is 3. The van der Waals surface area contributed by atoms with Crippen molar-refractivity contribution in [2.45, 2.75) is 27.4 Å². The number of nitrogens with zero attached hydrogens (tertiary/aromatic N) is 1. The Kier molecular flexibility index (Phi) is 7.28. The van der Waals surface area contributed by atoms with Gasteiger partial charge in [0.2, 0.25) is 5.90 Å². The summed E-state index contributed by atoms with van der Waals surface area (Å²) in [7, 11) is 1.65. The van der Waals surface area contributed by atoms with Crippen LogP contribution >= 0.6 is 0 Å². The van der Waals surface area contributed by atoms with E-state index in [4.69, 9.17) is 14.2 Å². The zero-order valence-electron chi connectivity index (χ0n) is 17.9. The molecule has 0 atom stereocenters. The molecule has 0 unspecified atom stereocenters. The van der Waals surface area contributed by atoms with E-state index in [1.165, 1.54) is 11.1 Å². The van der Waals surface area contributed by atoms with Crippen LogP contribution in [0.15, 0.2) is 84.1 Å². The van der Waals surface area contributed by atoms with Gasteiger partial charge in [0.05, 0.1) is 19.1 Å². The van der Waals surface area contributed by atoms with Crippen molar-refractivity contribution in [2.24, 2.45) is 4.99 Å².